The SMILES string of the molecule is Cc1nc(C)c(CCN=C(N)N2CCN(C(=O)OC(C)(C)C)CC2)s1.I. The van der Waals surface area contributed by atoms with Gasteiger partial charge in [-0.25, -0.2) is 9.78 Å². The minimum atomic E-state index is -0.470. The van der Waals surface area contributed by atoms with Crippen molar-refractivity contribution in [2.24, 2.45) is 10.7 Å². The molecule has 0 bridgehead atoms. The number of aromatic nitrogens is 1. The van der Waals surface area contributed by atoms with Crippen molar-refractivity contribution in [3.05, 3.63) is 15.6 Å². The van der Waals surface area contributed by atoms with Gasteiger partial charge in [0.25, 0.3) is 0 Å². The Balaban J connectivity index is 0.00000338. The van der Waals surface area contributed by atoms with Crippen LogP contribution in [0.25, 0.3) is 0 Å². The summed E-state index contributed by atoms with van der Waals surface area (Å²) >= 11 is 1.72. The first-order chi connectivity index (χ1) is 11.7. The highest BCUT2D eigenvalue weighted by Crippen LogP contribution is 2.17. The number of halogens is 1. The Kier molecular flexibility index (Phi) is 8.58. The summed E-state index contributed by atoms with van der Waals surface area (Å²) in [5.41, 5.74) is 6.72. The highest BCUT2D eigenvalue weighted by atomic mass is 127. The molecule has 1 amide bonds. The number of guanidine groups is 1. The van der Waals surface area contributed by atoms with E-state index in [1.54, 1.807) is 16.2 Å². The van der Waals surface area contributed by atoms with Gasteiger partial charge in [-0.3, -0.25) is 4.99 Å². The van der Waals surface area contributed by atoms with E-state index in [4.69, 9.17) is 10.5 Å². The quantitative estimate of drug-likeness (QED) is 0.396. The van der Waals surface area contributed by atoms with E-state index in [0.717, 1.165) is 17.1 Å². The number of nitrogens with two attached hydrogens (primary N) is 1. The van der Waals surface area contributed by atoms with Gasteiger partial charge in [-0.1, -0.05) is 0 Å². The normalized spacial score (nSPS) is 15.7. The van der Waals surface area contributed by atoms with Gasteiger partial charge in [0.05, 0.1) is 10.7 Å². The van der Waals surface area contributed by atoms with E-state index >= 15 is 0 Å². The number of thiazole rings is 1. The number of aliphatic imine (C=N–C) groups is 1. The van der Waals surface area contributed by atoms with Crippen molar-refractivity contribution in [1.29, 1.82) is 0 Å². The van der Waals surface area contributed by atoms with Gasteiger partial charge < -0.3 is 20.3 Å². The average Bonchev–Trinajstić information content (AvgIpc) is 2.83. The molecule has 0 spiro atoms. The number of amides is 1. The fourth-order valence-corrected chi connectivity index (χ4v) is 3.55. The number of ether oxygens (including phenoxy) is 1. The Morgan fingerprint density at radius 2 is 1.81 bits per heavy atom. The molecule has 1 aliphatic rings. The van der Waals surface area contributed by atoms with Crippen LogP contribution in [0.2, 0.25) is 0 Å². The second-order valence-electron chi connectivity index (χ2n) is 7.19. The number of nitrogens with zero attached hydrogens (tertiary/aromatic N) is 4. The monoisotopic (exact) mass is 495 g/mol. The van der Waals surface area contributed by atoms with Gasteiger partial charge in [0.1, 0.15) is 5.60 Å². The Hall–Kier alpha value is -1.10. The lowest BCUT2D eigenvalue weighted by Crippen LogP contribution is -2.53. The number of carbonyl (C=O) groups is 1. The van der Waals surface area contributed by atoms with Crippen molar-refractivity contribution >= 4 is 47.4 Å². The predicted molar refractivity (Wildman–Crippen MR) is 117 cm³/mol. The molecule has 7 nitrogen and oxygen atoms in total. The van der Waals surface area contributed by atoms with Crippen LogP contribution in [0.5, 0.6) is 0 Å². The molecule has 0 unspecified atom stereocenters. The fourth-order valence-electron chi connectivity index (χ4n) is 2.62. The Labute approximate surface area is 177 Å². The van der Waals surface area contributed by atoms with E-state index in [9.17, 15) is 4.79 Å². The molecule has 0 radical (unpaired) electrons. The van der Waals surface area contributed by atoms with Crippen LogP contribution in [-0.4, -0.2) is 65.2 Å². The number of rotatable bonds is 3. The van der Waals surface area contributed by atoms with Crippen molar-refractivity contribution in [3.63, 3.8) is 0 Å². The molecule has 0 atom stereocenters. The molecule has 0 aromatic carbocycles. The summed E-state index contributed by atoms with van der Waals surface area (Å²) in [4.78, 5) is 26.0. The molecular weight excluding hydrogens is 465 g/mol. The zero-order chi connectivity index (χ0) is 18.6. The lowest BCUT2D eigenvalue weighted by molar-refractivity contribution is 0.0186. The maximum atomic E-state index is 12.1. The summed E-state index contributed by atoms with van der Waals surface area (Å²) in [6.45, 7) is 12.9. The van der Waals surface area contributed by atoms with Crippen LogP contribution in [0.4, 0.5) is 4.79 Å². The predicted octanol–water partition coefficient (Wildman–Crippen LogP) is 2.79. The van der Waals surface area contributed by atoms with Crippen LogP contribution < -0.4 is 5.73 Å². The van der Waals surface area contributed by atoms with E-state index in [1.807, 2.05) is 39.5 Å². The standard InChI is InChI=1S/C17H29N5O2S.HI/c1-12-14(25-13(2)20-12)6-7-19-15(18)21-8-10-22(11-9-21)16(23)24-17(3,4)5;/h6-11H2,1-5H3,(H2,18,19);1H. The van der Waals surface area contributed by atoms with Crippen molar-refractivity contribution in [3.8, 4) is 0 Å². The first kappa shape index (κ1) is 22.9. The van der Waals surface area contributed by atoms with Gasteiger partial charge in [0.15, 0.2) is 5.96 Å². The van der Waals surface area contributed by atoms with Crippen LogP contribution in [0.3, 0.4) is 0 Å². The van der Waals surface area contributed by atoms with Crippen LogP contribution >= 0.6 is 35.3 Å². The molecule has 2 N–H and O–H groups in total. The summed E-state index contributed by atoms with van der Waals surface area (Å²) in [6.07, 6.45) is 0.592. The first-order valence-corrected chi connectivity index (χ1v) is 9.43. The molecule has 1 fully saturated rings. The molecule has 2 heterocycles. The summed E-state index contributed by atoms with van der Waals surface area (Å²) < 4.78 is 5.40. The average molecular weight is 495 g/mol. The minimum Gasteiger partial charge on any atom is -0.444 e. The number of piperazine rings is 1. The third-order valence-corrected chi connectivity index (χ3v) is 5.00. The second-order valence-corrected chi connectivity index (χ2v) is 8.47. The summed E-state index contributed by atoms with van der Waals surface area (Å²) in [6, 6.07) is 0. The second kappa shape index (κ2) is 9.72. The summed E-state index contributed by atoms with van der Waals surface area (Å²) in [5.74, 6) is 0.544. The molecule has 1 saturated heterocycles. The maximum Gasteiger partial charge on any atom is 0.410 e. The third-order valence-electron chi connectivity index (χ3n) is 3.87. The molecule has 9 heteroatoms. The van der Waals surface area contributed by atoms with Gasteiger partial charge in [-0.2, -0.15) is 0 Å². The van der Waals surface area contributed by atoms with Gasteiger partial charge in [0, 0.05) is 44.0 Å². The van der Waals surface area contributed by atoms with Gasteiger partial charge in [-0.15, -0.1) is 35.3 Å². The van der Waals surface area contributed by atoms with Gasteiger partial charge in [-0.05, 0) is 34.6 Å². The topological polar surface area (TPSA) is 84.0 Å². The smallest absolute Gasteiger partial charge is 0.410 e. The van der Waals surface area contributed by atoms with E-state index in [0.29, 0.717) is 38.7 Å². The fraction of sp³-hybridized carbons (Fsp3) is 0.706. The number of carbonyl (C=O) groups excluding carboxylic acids is 1. The number of hydrogen-bond donors (Lipinski definition) is 1. The third kappa shape index (κ3) is 6.90. The Bertz CT molecular complexity index is 634. The molecule has 1 aromatic rings. The lowest BCUT2D eigenvalue weighted by atomic mass is 10.2. The van der Waals surface area contributed by atoms with Crippen LogP contribution in [0.15, 0.2) is 4.99 Å². The van der Waals surface area contributed by atoms with Crippen LogP contribution in [-0.2, 0) is 11.2 Å². The zero-order valence-corrected chi connectivity index (χ0v) is 19.4. The van der Waals surface area contributed by atoms with Crippen LogP contribution in [0.1, 0.15) is 36.3 Å². The largest absolute Gasteiger partial charge is 0.444 e. The number of hydrogen-bond acceptors (Lipinski definition) is 5. The Morgan fingerprint density at radius 3 is 2.31 bits per heavy atom. The Morgan fingerprint density at radius 1 is 1.23 bits per heavy atom. The summed E-state index contributed by atoms with van der Waals surface area (Å²) in [7, 11) is 0. The molecule has 1 aromatic heterocycles. The van der Waals surface area contributed by atoms with E-state index in [1.165, 1.54) is 4.88 Å². The zero-order valence-electron chi connectivity index (χ0n) is 16.2. The van der Waals surface area contributed by atoms with Gasteiger partial charge >= 0.3 is 6.09 Å². The molecule has 26 heavy (non-hydrogen) atoms. The highest BCUT2D eigenvalue weighted by molar-refractivity contribution is 14.0. The van der Waals surface area contributed by atoms with E-state index < -0.39 is 5.60 Å². The molecule has 0 saturated carbocycles. The van der Waals surface area contributed by atoms with Crippen molar-refractivity contribution < 1.29 is 9.53 Å². The highest BCUT2D eigenvalue weighted by Gasteiger charge is 2.26. The molecular formula is C17H30IN5O2S. The molecule has 0 aliphatic carbocycles. The maximum absolute atomic E-state index is 12.1. The van der Waals surface area contributed by atoms with Crippen molar-refractivity contribution in [2.75, 3.05) is 32.7 Å². The van der Waals surface area contributed by atoms with E-state index in [2.05, 4.69) is 9.98 Å². The van der Waals surface area contributed by atoms with Crippen LogP contribution in [0, 0.1) is 13.8 Å². The van der Waals surface area contributed by atoms with Crippen molar-refractivity contribution in [1.82, 2.24) is 14.8 Å². The van der Waals surface area contributed by atoms with E-state index in [-0.39, 0.29) is 30.1 Å². The van der Waals surface area contributed by atoms with Gasteiger partial charge in [0.2, 0.25) is 0 Å². The minimum absolute atomic E-state index is 0. The first-order valence-electron chi connectivity index (χ1n) is 8.61. The lowest BCUT2D eigenvalue weighted by Gasteiger charge is -2.36. The molecule has 148 valence electrons. The number of aryl methyl sites for hydroxylation is 2. The summed E-state index contributed by atoms with van der Waals surface area (Å²) in [5, 5.41) is 1.09. The molecule has 2 rings (SSSR count). The molecule has 1 aliphatic heterocycles. The van der Waals surface area contributed by atoms with Crippen molar-refractivity contribution in [2.45, 2.75) is 46.6 Å².